The lowest BCUT2D eigenvalue weighted by Crippen LogP contribution is -2.32. The summed E-state index contributed by atoms with van der Waals surface area (Å²) < 4.78 is 0. The smallest absolute Gasteiger partial charge is 0.266 e. The zero-order valence-electron chi connectivity index (χ0n) is 15.1. The summed E-state index contributed by atoms with van der Waals surface area (Å²) in [5, 5.41) is 15.6. The van der Waals surface area contributed by atoms with Crippen LogP contribution in [0.15, 0.2) is 91.7 Å². The van der Waals surface area contributed by atoms with Gasteiger partial charge in [0.1, 0.15) is 11.6 Å². The Kier molecular flexibility index (Phi) is 7.43. The summed E-state index contributed by atoms with van der Waals surface area (Å²) in [7, 11) is 0. The highest BCUT2D eigenvalue weighted by atomic mass is 16.2. The average Bonchev–Trinajstić information content (AvgIpc) is 2.70. The molecule has 0 heterocycles. The highest BCUT2D eigenvalue weighted by Crippen LogP contribution is 2.18. The number of rotatable bonds is 9. The predicted molar refractivity (Wildman–Crippen MR) is 110 cm³/mol. The predicted octanol–water partition coefficient (Wildman–Crippen LogP) is 4.45. The molecule has 2 rings (SSSR count). The number of nitrogens with one attached hydrogen (secondary N) is 2. The van der Waals surface area contributed by atoms with Crippen LogP contribution in [0.2, 0.25) is 0 Å². The lowest BCUT2D eigenvalue weighted by atomic mass is 10.2. The van der Waals surface area contributed by atoms with Crippen LogP contribution in [0.25, 0.3) is 0 Å². The summed E-state index contributed by atoms with van der Waals surface area (Å²) in [6, 6.07) is 19.4. The topological polar surface area (TPSA) is 68.2 Å². The van der Waals surface area contributed by atoms with Crippen molar-refractivity contribution in [3.05, 3.63) is 91.7 Å². The standard InChI is InChI=1S/C22H22N4O/c1-3-14-26(15-4-2)22(27)18(16-23)17-24-19-10-12-21(13-11-19)25-20-8-6-5-7-9-20/h3-13,17,24-25H,1-2,14-15H2/b18-17-. The third kappa shape index (κ3) is 5.91. The first-order valence-electron chi connectivity index (χ1n) is 8.48. The van der Waals surface area contributed by atoms with E-state index >= 15 is 0 Å². The molecule has 0 unspecified atom stereocenters. The SMILES string of the molecule is C=CCN(CC=C)C(=O)/C(C#N)=C\Nc1ccc(Nc2ccccc2)cc1. The molecule has 0 bridgehead atoms. The normalized spacial score (nSPS) is 10.4. The minimum Gasteiger partial charge on any atom is -0.360 e. The second kappa shape index (κ2) is 10.3. The number of hydrogen-bond acceptors (Lipinski definition) is 4. The molecule has 5 heteroatoms. The zero-order valence-corrected chi connectivity index (χ0v) is 15.1. The van der Waals surface area contributed by atoms with Crippen LogP contribution in [-0.4, -0.2) is 23.9 Å². The second-order valence-corrected chi connectivity index (χ2v) is 5.67. The zero-order chi connectivity index (χ0) is 19.5. The van der Waals surface area contributed by atoms with Gasteiger partial charge in [-0.25, -0.2) is 0 Å². The number of para-hydroxylation sites is 1. The minimum absolute atomic E-state index is 0.0187. The van der Waals surface area contributed by atoms with Crippen LogP contribution in [0.3, 0.4) is 0 Å². The van der Waals surface area contributed by atoms with E-state index in [-0.39, 0.29) is 11.5 Å². The first-order valence-corrected chi connectivity index (χ1v) is 8.48. The number of hydrogen-bond donors (Lipinski definition) is 2. The Labute approximate surface area is 159 Å². The summed E-state index contributed by atoms with van der Waals surface area (Å²) in [6.45, 7) is 7.96. The Balaban J connectivity index is 2.04. The van der Waals surface area contributed by atoms with Crippen molar-refractivity contribution in [1.29, 1.82) is 5.26 Å². The third-order valence-electron chi connectivity index (χ3n) is 3.67. The van der Waals surface area contributed by atoms with Gasteiger partial charge in [-0.3, -0.25) is 4.79 Å². The van der Waals surface area contributed by atoms with E-state index in [0.717, 1.165) is 17.1 Å². The van der Waals surface area contributed by atoms with Gasteiger partial charge in [0.2, 0.25) is 0 Å². The molecular formula is C22H22N4O. The van der Waals surface area contributed by atoms with Gasteiger partial charge in [0, 0.05) is 36.4 Å². The average molecular weight is 358 g/mol. The Bertz CT molecular complexity index is 838. The summed E-state index contributed by atoms with van der Waals surface area (Å²) in [4.78, 5) is 13.9. The molecule has 0 aromatic heterocycles. The monoisotopic (exact) mass is 358 g/mol. The van der Waals surface area contributed by atoms with Crippen molar-refractivity contribution < 1.29 is 4.79 Å². The lowest BCUT2D eigenvalue weighted by Gasteiger charge is -2.18. The van der Waals surface area contributed by atoms with Crippen LogP contribution in [0.5, 0.6) is 0 Å². The van der Waals surface area contributed by atoms with Gasteiger partial charge in [-0.1, -0.05) is 30.4 Å². The number of benzene rings is 2. The molecular weight excluding hydrogens is 336 g/mol. The number of carbonyl (C=O) groups excluding carboxylic acids is 1. The molecule has 2 N–H and O–H groups in total. The van der Waals surface area contributed by atoms with Gasteiger partial charge in [-0.15, -0.1) is 13.2 Å². The molecule has 0 aliphatic rings. The highest BCUT2D eigenvalue weighted by molar-refractivity contribution is 5.97. The van der Waals surface area contributed by atoms with Crippen molar-refractivity contribution in [2.75, 3.05) is 23.7 Å². The quantitative estimate of drug-likeness (QED) is 0.395. The highest BCUT2D eigenvalue weighted by Gasteiger charge is 2.15. The van der Waals surface area contributed by atoms with Gasteiger partial charge in [0.05, 0.1) is 0 Å². The maximum absolute atomic E-state index is 12.4. The molecule has 0 saturated carbocycles. The molecule has 2 aromatic carbocycles. The molecule has 5 nitrogen and oxygen atoms in total. The molecule has 0 fully saturated rings. The molecule has 0 aliphatic heterocycles. The number of nitriles is 1. The first-order chi connectivity index (χ1) is 13.2. The van der Waals surface area contributed by atoms with Crippen LogP contribution >= 0.6 is 0 Å². The van der Waals surface area contributed by atoms with E-state index < -0.39 is 0 Å². The molecule has 0 aliphatic carbocycles. The van der Waals surface area contributed by atoms with Gasteiger partial charge in [0.25, 0.3) is 5.91 Å². The second-order valence-electron chi connectivity index (χ2n) is 5.67. The molecule has 0 atom stereocenters. The third-order valence-corrected chi connectivity index (χ3v) is 3.67. The fourth-order valence-electron chi connectivity index (χ4n) is 2.36. The fraction of sp³-hybridized carbons (Fsp3) is 0.0909. The van der Waals surface area contributed by atoms with E-state index in [1.54, 1.807) is 12.2 Å². The fourth-order valence-corrected chi connectivity index (χ4v) is 2.36. The summed E-state index contributed by atoms with van der Waals surface area (Å²) in [5.41, 5.74) is 2.73. The van der Waals surface area contributed by atoms with E-state index in [1.807, 2.05) is 60.7 Å². The van der Waals surface area contributed by atoms with Crippen LogP contribution in [0.1, 0.15) is 0 Å². The number of anilines is 3. The lowest BCUT2D eigenvalue weighted by molar-refractivity contribution is -0.125. The molecule has 136 valence electrons. The Morgan fingerprint density at radius 1 is 0.963 bits per heavy atom. The largest absolute Gasteiger partial charge is 0.360 e. The van der Waals surface area contributed by atoms with Gasteiger partial charge in [0.15, 0.2) is 0 Å². The molecule has 0 spiro atoms. The van der Waals surface area contributed by atoms with E-state index in [1.165, 1.54) is 11.1 Å². The summed E-state index contributed by atoms with van der Waals surface area (Å²) in [5.74, 6) is -0.368. The maximum atomic E-state index is 12.4. The molecule has 0 saturated heterocycles. The van der Waals surface area contributed by atoms with Crippen molar-refractivity contribution in [3.63, 3.8) is 0 Å². The van der Waals surface area contributed by atoms with Crippen molar-refractivity contribution in [2.45, 2.75) is 0 Å². The molecule has 0 radical (unpaired) electrons. The van der Waals surface area contributed by atoms with Crippen LogP contribution < -0.4 is 10.6 Å². The molecule has 27 heavy (non-hydrogen) atoms. The van der Waals surface area contributed by atoms with Crippen LogP contribution in [0, 0.1) is 11.3 Å². The van der Waals surface area contributed by atoms with Crippen LogP contribution in [0.4, 0.5) is 17.1 Å². The van der Waals surface area contributed by atoms with Gasteiger partial charge in [-0.05, 0) is 36.4 Å². The van der Waals surface area contributed by atoms with E-state index in [2.05, 4.69) is 23.8 Å². The van der Waals surface area contributed by atoms with Gasteiger partial charge in [-0.2, -0.15) is 5.26 Å². The molecule has 1 amide bonds. The molecule has 2 aromatic rings. The van der Waals surface area contributed by atoms with E-state index in [4.69, 9.17) is 0 Å². The summed E-state index contributed by atoms with van der Waals surface area (Å²) in [6.07, 6.45) is 4.64. The first kappa shape index (κ1) is 19.5. The van der Waals surface area contributed by atoms with Crippen molar-refractivity contribution in [2.24, 2.45) is 0 Å². The van der Waals surface area contributed by atoms with Crippen LogP contribution in [-0.2, 0) is 4.79 Å². The van der Waals surface area contributed by atoms with Crippen molar-refractivity contribution >= 4 is 23.0 Å². The minimum atomic E-state index is -0.368. The number of nitrogens with zero attached hydrogens (tertiary/aromatic N) is 2. The van der Waals surface area contributed by atoms with E-state index in [0.29, 0.717) is 13.1 Å². The van der Waals surface area contributed by atoms with Crippen molar-refractivity contribution in [3.8, 4) is 6.07 Å². The number of carbonyl (C=O) groups is 1. The number of amides is 1. The van der Waals surface area contributed by atoms with Crippen molar-refractivity contribution in [1.82, 2.24) is 4.90 Å². The maximum Gasteiger partial charge on any atom is 0.266 e. The van der Waals surface area contributed by atoms with Gasteiger partial charge < -0.3 is 15.5 Å². The Morgan fingerprint density at radius 3 is 2.07 bits per heavy atom. The summed E-state index contributed by atoms with van der Waals surface area (Å²) >= 11 is 0. The Hall–Kier alpha value is -3.78. The van der Waals surface area contributed by atoms with E-state index in [9.17, 15) is 10.1 Å². The Morgan fingerprint density at radius 2 is 1.52 bits per heavy atom. The van der Waals surface area contributed by atoms with Gasteiger partial charge >= 0.3 is 0 Å².